The van der Waals surface area contributed by atoms with Crippen molar-refractivity contribution in [3.63, 3.8) is 0 Å². The summed E-state index contributed by atoms with van der Waals surface area (Å²) in [6.07, 6.45) is 2.30. The molecule has 1 N–H and O–H groups in total. The first-order valence-electron chi connectivity index (χ1n) is 11.9. The van der Waals surface area contributed by atoms with Gasteiger partial charge in [-0.15, -0.1) is 11.3 Å². The topological polar surface area (TPSA) is 93.7 Å². The van der Waals surface area contributed by atoms with E-state index in [1.165, 1.54) is 11.3 Å². The van der Waals surface area contributed by atoms with Crippen LogP contribution in [0.1, 0.15) is 25.7 Å². The molecule has 0 atom stereocenters. The number of nitrogens with zero attached hydrogens (tertiary/aromatic N) is 3. The zero-order valence-corrected chi connectivity index (χ0v) is 21.4. The molecule has 2 amide bonds. The highest BCUT2D eigenvalue weighted by atomic mass is 32.1. The summed E-state index contributed by atoms with van der Waals surface area (Å²) >= 11 is 1.45. The van der Waals surface area contributed by atoms with Crippen LogP contribution in [-0.2, 0) is 11.2 Å². The molecule has 0 spiro atoms. The molecule has 5 rings (SSSR count). The summed E-state index contributed by atoms with van der Waals surface area (Å²) in [4.78, 5) is 38.7. The molecule has 4 aromatic rings. The van der Waals surface area contributed by atoms with Crippen molar-refractivity contribution in [3.8, 4) is 27.6 Å². The SMILES string of the molecule is COCCNC(=O)c1cc2c(s1)-c1ccccc1N(C(=O)c1cccc(-c3ccc(OC)nc3)n1)CC2. The van der Waals surface area contributed by atoms with E-state index in [-0.39, 0.29) is 11.8 Å². The maximum Gasteiger partial charge on any atom is 0.276 e. The normalized spacial score (nSPS) is 12.3. The average molecular weight is 515 g/mol. The lowest BCUT2D eigenvalue weighted by atomic mass is 10.1. The Morgan fingerprint density at radius 3 is 2.73 bits per heavy atom. The van der Waals surface area contributed by atoms with Crippen LogP contribution in [0, 0.1) is 0 Å². The number of aromatic nitrogens is 2. The van der Waals surface area contributed by atoms with Crippen molar-refractivity contribution in [1.82, 2.24) is 15.3 Å². The minimum Gasteiger partial charge on any atom is -0.481 e. The minimum absolute atomic E-state index is 0.116. The Hall–Kier alpha value is -4.08. The molecule has 1 aliphatic heterocycles. The largest absolute Gasteiger partial charge is 0.481 e. The summed E-state index contributed by atoms with van der Waals surface area (Å²) in [5.41, 5.74) is 4.59. The minimum atomic E-state index is -0.177. The summed E-state index contributed by atoms with van der Waals surface area (Å²) in [7, 11) is 3.17. The van der Waals surface area contributed by atoms with Crippen LogP contribution in [0.15, 0.2) is 66.9 Å². The number of ether oxygens (including phenoxy) is 2. The summed E-state index contributed by atoms with van der Waals surface area (Å²) in [6.45, 7) is 1.39. The Morgan fingerprint density at radius 1 is 1.08 bits per heavy atom. The lowest BCUT2D eigenvalue weighted by Gasteiger charge is -2.23. The van der Waals surface area contributed by atoms with E-state index in [0.29, 0.717) is 48.3 Å². The van der Waals surface area contributed by atoms with Gasteiger partial charge in [0.05, 0.1) is 30.0 Å². The van der Waals surface area contributed by atoms with Crippen LogP contribution in [0.25, 0.3) is 21.7 Å². The zero-order valence-electron chi connectivity index (χ0n) is 20.6. The third-order valence-electron chi connectivity index (χ3n) is 6.12. The number of amides is 2. The maximum atomic E-state index is 13.7. The molecule has 188 valence electrons. The molecule has 0 saturated heterocycles. The Balaban J connectivity index is 1.44. The number of hydrogen-bond donors (Lipinski definition) is 1. The van der Waals surface area contributed by atoms with Crippen LogP contribution < -0.4 is 15.0 Å². The Bertz CT molecular complexity index is 1430. The molecule has 0 bridgehead atoms. The number of carbonyl (C=O) groups is 2. The highest BCUT2D eigenvalue weighted by Crippen LogP contribution is 2.41. The monoisotopic (exact) mass is 514 g/mol. The van der Waals surface area contributed by atoms with Gasteiger partial charge in [0.1, 0.15) is 5.69 Å². The van der Waals surface area contributed by atoms with E-state index in [0.717, 1.165) is 27.3 Å². The van der Waals surface area contributed by atoms with E-state index < -0.39 is 0 Å². The Kier molecular flexibility index (Phi) is 7.25. The van der Waals surface area contributed by atoms with E-state index in [2.05, 4.69) is 15.3 Å². The molecular weight excluding hydrogens is 488 g/mol. The highest BCUT2D eigenvalue weighted by Gasteiger charge is 2.28. The first kappa shape index (κ1) is 24.6. The average Bonchev–Trinajstić information content (AvgIpc) is 3.31. The standard InChI is InChI=1S/C28H26N4O4S/c1-35-15-13-29-27(33)24-16-18-12-14-32(23-9-4-3-6-20(23)26(18)37-24)28(34)22-8-5-7-21(31-22)19-10-11-25(36-2)30-17-19/h3-11,16-17H,12-15H2,1-2H3,(H,29,33). The van der Waals surface area contributed by atoms with E-state index in [1.54, 1.807) is 37.4 Å². The zero-order chi connectivity index (χ0) is 25.8. The van der Waals surface area contributed by atoms with Gasteiger partial charge in [-0.1, -0.05) is 24.3 Å². The number of para-hydroxylation sites is 1. The molecule has 8 nitrogen and oxygen atoms in total. The molecule has 0 radical (unpaired) electrons. The predicted octanol–water partition coefficient (Wildman–Crippen LogP) is 4.46. The highest BCUT2D eigenvalue weighted by molar-refractivity contribution is 7.17. The lowest BCUT2D eigenvalue weighted by molar-refractivity contribution is 0.0939. The van der Waals surface area contributed by atoms with E-state index >= 15 is 0 Å². The second-order valence-corrected chi connectivity index (χ2v) is 9.49. The van der Waals surface area contributed by atoms with Gasteiger partial charge in [-0.25, -0.2) is 9.97 Å². The molecule has 0 fully saturated rings. The second kappa shape index (κ2) is 10.9. The van der Waals surface area contributed by atoms with Crippen molar-refractivity contribution in [2.75, 3.05) is 38.8 Å². The lowest BCUT2D eigenvalue weighted by Crippen LogP contribution is -2.33. The van der Waals surface area contributed by atoms with Gasteiger partial charge in [0.15, 0.2) is 0 Å². The summed E-state index contributed by atoms with van der Waals surface area (Å²) in [6, 6.07) is 18.8. The van der Waals surface area contributed by atoms with E-state index in [4.69, 9.17) is 9.47 Å². The van der Waals surface area contributed by atoms with Gasteiger partial charge in [0.25, 0.3) is 11.8 Å². The molecule has 4 heterocycles. The molecule has 0 aliphatic carbocycles. The second-order valence-electron chi connectivity index (χ2n) is 8.43. The van der Waals surface area contributed by atoms with Gasteiger partial charge in [0, 0.05) is 48.5 Å². The van der Waals surface area contributed by atoms with Crippen molar-refractivity contribution in [1.29, 1.82) is 0 Å². The van der Waals surface area contributed by atoms with Gasteiger partial charge in [-0.2, -0.15) is 0 Å². The fourth-order valence-corrected chi connectivity index (χ4v) is 5.44. The first-order valence-corrected chi connectivity index (χ1v) is 12.7. The molecule has 0 unspecified atom stereocenters. The van der Waals surface area contributed by atoms with Crippen molar-refractivity contribution in [2.45, 2.75) is 6.42 Å². The van der Waals surface area contributed by atoms with Gasteiger partial charge in [0.2, 0.25) is 5.88 Å². The third-order valence-corrected chi connectivity index (χ3v) is 7.33. The Morgan fingerprint density at radius 2 is 1.95 bits per heavy atom. The molecular formula is C28H26N4O4S. The number of hydrogen-bond acceptors (Lipinski definition) is 7. The number of benzene rings is 1. The molecule has 3 aromatic heterocycles. The number of rotatable bonds is 7. The number of fused-ring (bicyclic) bond motifs is 3. The van der Waals surface area contributed by atoms with Crippen LogP contribution in [0.5, 0.6) is 5.88 Å². The molecule has 37 heavy (non-hydrogen) atoms. The van der Waals surface area contributed by atoms with Crippen molar-refractivity contribution >= 4 is 28.8 Å². The number of nitrogens with one attached hydrogen (secondary N) is 1. The van der Waals surface area contributed by atoms with E-state index in [1.807, 2.05) is 48.5 Å². The fourth-order valence-electron chi connectivity index (χ4n) is 4.28. The van der Waals surface area contributed by atoms with Crippen LogP contribution in [-0.4, -0.2) is 55.7 Å². The van der Waals surface area contributed by atoms with Crippen LogP contribution in [0.2, 0.25) is 0 Å². The first-order chi connectivity index (χ1) is 18.1. The van der Waals surface area contributed by atoms with Gasteiger partial charge >= 0.3 is 0 Å². The van der Waals surface area contributed by atoms with Crippen molar-refractivity contribution < 1.29 is 19.1 Å². The van der Waals surface area contributed by atoms with E-state index in [9.17, 15) is 9.59 Å². The summed E-state index contributed by atoms with van der Waals surface area (Å²) in [5.74, 6) is 0.221. The third kappa shape index (κ3) is 5.09. The maximum absolute atomic E-state index is 13.7. The number of carbonyl (C=O) groups excluding carboxylic acids is 2. The number of methoxy groups -OCH3 is 2. The van der Waals surface area contributed by atoms with Crippen LogP contribution >= 0.6 is 11.3 Å². The number of anilines is 1. The van der Waals surface area contributed by atoms with Crippen LogP contribution in [0.4, 0.5) is 5.69 Å². The van der Waals surface area contributed by atoms with Crippen LogP contribution in [0.3, 0.4) is 0 Å². The van der Waals surface area contributed by atoms with Gasteiger partial charge < -0.3 is 19.7 Å². The predicted molar refractivity (Wildman–Crippen MR) is 143 cm³/mol. The Labute approximate surface area is 218 Å². The van der Waals surface area contributed by atoms with Gasteiger partial charge in [-0.3, -0.25) is 9.59 Å². The van der Waals surface area contributed by atoms with Crippen molar-refractivity contribution in [2.24, 2.45) is 0 Å². The fraction of sp³-hybridized carbons (Fsp3) is 0.214. The number of pyridine rings is 2. The summed E-state index contributed by atoms with van der Waals surface area (Å²) < 4.78 is 10.2. The molecule has 1 aromatic carbocycles. The quantitative estimate of drug-likeness (QED) is 0.366. The van der Waals surface area contributed by atoms with Gasteiger partial charge in [-0.05, 0) is 42.3 Å². The summed E-state index contributed by atoms with van der Waals surface area (Å²) in [5, 5.41) is 2.88. The molecule has 1 aliphatic rings. The van der Waals surface area contributed by atoms with Crippen molar-refractivity contribution in [3.05, 3.63) is 83.0 Å². The molecule has 9 heteroatoms. The number of thiophene rings is 1. The smallest absolute Gasteiger partial charge is 0.276 e. The molecule has 0 saturated carbocycles.